The summed E-state index contributed by atoms with van der Waals surface area (Å²) in [7, 11) is 0. The smallest absolute Gasteiger partial charge is 0.0128 e. The van der Waals surface area contributed by atoms with E-state index in [1.54, 1.807) is 0 Å². The third-order valence-electron chi connectivity index (χ3n) is 5.91. The van der Waals surface area contributed by atoms with Gasteiger partial charge >= 0.3 is 0 Å². The van der Waals surface area contributed by atoms with Crippen molar-refractivity contribution in [1.82, 2.24) is 0 Å². The Bertz CT molecular complexity index is 265. The number of rotatable bonds is 4. The van der Waals surface area contributed by atoms with E-state index >= 15 is 0 Å². The summed E-state index contributed by atoms with van der Waals surface area (Å²) in [5.41, 5.74) is 7.19. The zero-order valence-electron chi connectivity index (χ0n) is 12.8. The lowest BCUT2D eigenvalue weighted by Crippen LogP contribution is -2.46. The van der Waals surface area contributed by atoms with Crippen molar-refractivity contribution >= 4 is 0 Å². The van der Waals surface area contributed by atoms with Crippen molar-refractivity contribution in [1.29, 1.82) is 0 Å². The van der Waals surface area contributed by atoms with Gasteiger partial charge in [0.25, 0.3) is 0 Å². The minimum atomic E-state index is 0.0552. The minimum Gasteiger partial charge on any atom is -0.325 e. The molecule has 0 saturated heterocycles. The maximum absolute atomic E-state index is 6.55. The van der Waals surface area contributed by atoms with Crippen LogP contribution in [0.2, 0.25) is 0 Å². The lowest BCUT2D eigenvalue weighted by atomic mass is 9.58. The van der Waals surface area contributed by atoms with Gasteiger partial charge in [-0.1, -0.05) is 39.5 Å². The van der Waals surface area contributed by atoms with E-state index in [0.29, 0.717) is 5.41 Å². The molecule has 0 aromatic carbocycles. The zero-order chi connectivity index (χ0) is 13.2. The third kappa shape index (κ3) is 3.10. The first-order chi connectivity index (χ1) is 8.47. The van der Waals surface area contributed by atoms with Gasteiger partial charge < -0.3 is 5.73 Å². The van der Waals surface area contributed by atoms with Gasteiger partial charge in [-0.3, -0.25) is 0 Å². The van der Waals surface area contributed by atoms with Crippen molar-refractivity contribution in [2.45, 2.75) is 90.5 Å². The van der Waals surface area contributed by atoms with Crippen LogP contribution in [0, 0.1) is 17.3 Å². The molecule has 0 heterocycles. The van der Waals surface area contributed by atoms with E-state index in [1.807, 2.05) is 0 Å². The quantitative estimate of drug-likeness (QED) is 0.756. The molecule has 2 aliphatic rings. The largest absolute Gasteiger partial charge is 0.325 e. The molecule has 1 heteroatoms. The standard InChI is InChI=1S/C17H33N/c1-4-16(3,18)13-17(15-9-5-6-10-15)11-7-8-14(2)12-17/h14-15H,4-13,18H2,1-3H3. The molecule has 0 radical (unpaired) electrons. The maximum atomic E-state index is 6.55. The van der Waals surface area contributed by atoms with Crippen LogP contribution in [0.5, 0.6) is 0 Å². The highest BCUT2D eigenvalue weighted by Gasteiger charge is 2.45. The van der Waals surface area contributed by atoms with Crippen LogP contribution in [-0.4, -0.2) is 5.54 Å². The molecule has 0 aromatic heterocycles. The fourth-order valence-corrected chi connectivity index (χ4v) is 4.84. The molecule has 106 valence electrons. The lowest BCUT2D eigenvalue weighted by Gasteiger charge is -2.48. The van der Waals surface area contributed by atoms with Crippen LogP contribution in [-0.2, 0) is 0 Å². The van der Waals surface area contributed by atoms with E-state index in [0.717, 1.165) is 18.3 Å². The molecular formula is C17H33N. The SMILES string of the molecule is CCC(C)(N)CC1(C2CCCC2)CCCC(C)C1. The van der Waals surface area contributed by atoms with Crippen molar-refractivity contribution in [2.75, 3.05) is 0 Å². The van der Waals surface area contributed by atoms with Gasteiger partial charge in [-0.15, -0.1) is 0 Å². The van der Waals surface area contributed by atoms with Crippen molar-refractivity contribution in [3.05, 3.63) is 0 Å². The molecule has 0 bridgehead atoms. The molecule has 0 spiro atoms. The predicted octanol–water partition coefficient (Wildman–Crippen LogP) is 4.89. The highest BCUT2D eigenvalue weighted by Crippen LogP contribution is 2.54. The topological polar surface area (TPSA) is 26.0 Å². The van der Waals surface area contributed by atoms with Gasteiger partial charge in [0.05, 0.1) is 0 Å². The van der Waals surface area contributed by atoms with E-state index in [9.17, 15) is 0 Å². The summed E-state index contributed by atoms with van der Waals surface area (Å²) in [5, 5.41) is 0. The Labute approximate surface area is 114 Å². The van der Waals surface area contributed by atoms with Crippen molar-refractivity contribution in [3.8, 4) is 0 Å². The second-order valence-electron chi connectivity index (χ2n) is 7.73. The first-order valence-electron chi connectivity index (χ1n) is 8.26. The van der Waals surface area contributed by atoms with Crippen LogP contribution in [0.25, 0.3) is 0 Å². The van der Waals surface area contributed by atoms with Crippen LogP contribution in [0.3, 0.4) is 0 Å². The van der Waals surface area contributed by atoms with Crippen LogP contribution < -0.4 is 5.73 Å². The Kier molecular flexibility index (Phi) is 4.41. The van der Waals surface area contributed by atoms with E-state index in [2.05, 4.69) is 20.8 Å². The summed E-state index contributed by atoms with van der Waals surface area (Å²) in [6.45, 7) is 7.00. The van der Waals surface area contributed by atoms with E-state index < -0.39 is 0 Å². The normalized spacial score (nSPS) is 37.7. The Morgan fingerprint density at radius 3 is 2.39 bits per heavy atom. The predicted molar refractivity (Wildman–Crippen MR) is 79.5 cm³/mol. The number of hydrogen-bond acceptors (Lipinski definition) is 1. The van der Waals surface area contributed by atoms with Gasteiger partial charge in [0.1, 0.15) is 0 Å². The van der Waals surface area contributed by atoms with E-state index in [4.69, 9.17) is 5.73 Å². The average molecular weight is 251 g/mol. The highest BCUT2D eigenvalue weighted by atomic mass is 14.7. The van der Waals surface area contributed by atoms with Gasteiger partial charge in [0.2, 0.25) is 0 Å². The summed E-state index contributed by atoms with van der Waals surface area (Å²) < 4.78 is 0. The van der Waals surface area contributed by atoms with E-state index in [1.165, 1.54) is 57.8 Å². The molecule has 2 fully saturated rings. The molecule has 2 rings (SSSR count). The molecule has 0 aromatic rings. The molecule has 2 saturated carbocycles. The molecule has 2 aliphatic carbocycles. The fourth-order valence-electron chi connectivity index (χ4n) is 4.84. The Balaban J connectivity index is 2.15. The fraction of sp³-hybridized carbons (Fsp3) is 1.00. The molecule has 3 unspecified atom stereocenters. The summed E-state index contributed by atoms with van der Waals surface area (Å²) in [6, 6.07) is 0. The summed E-state index contributed by atoms with van der Waals surface area (Å²) in [5.74, 6) is 1.90. The minimum absolute atomic E-state index is 0.0552. The van der Waals surface area contributed by atoms with Crippen molar-refractivity contribution < 1.29 is 0 Å². The van der Waals surface area contributed by atoms with Crippen LogP contribution in [0.4, 0.5) is 0 Å². The maximum Gasteiger partial charge on any atom is 0.0128 e. The summed E-state index contributed by atoms with van der Waals surface area (Å²) >= 11 is 0. The third-order valence-corrected chi connectivity index (χ3v) is 5.91. The Morgan fingerprint density at radius 2 is 1.83 bits per heavy atom. The first kappa shape index (κ1) is 14.4. The van der Waals surface area contributed by atoms with Crippen LogP contribution in [0.1, 0.15) is 85.0 Å². The van der Waals surface area contributed by atoms with Gasteiger partial charge in [0, 0.05) is 5.54 Å². The van der Waals surface area contributed by atoms with Gasteiger partial charge in [0.15, 0.2) is 0 Å². The summed E-state index contributed by atoms with van der Waals surface area (Å²) in [6.07, 6.45) is 14.1. The highest BCUT2D eigenvalue weighted by molar-refractivity contribution is 4.98. The Hall–Kier alpha value is -0.0400. The molecule has 0 amide bonds. The molecule has 1 nitrogen and oxygen atoms in total. The molecule has 3 atom stereocenters. The number of hydrogen-bond donors (Lipinski definition) is 1. The van der Waals surface area contributed by atoms with Gasteiger partial charge in [-0.2, -0.15) is 0 Å². The van der Waals surface area contributed by atoms with Crippen molar-refractivity contribution in [2.24, 2.45) is 23.0 Å². The van der Waals surface area contributed by atoms with Gasteiger partial charge in [-0.05, 0) is 62.7 Å². The number of nitrogens with two attached hydrogens (primary N) is 1. The Morgan fingerprint density at radius 1 is 1.17 bits per heavy atom. The van der Waals surface area contributed by atoms with Gasteiger partial charge in [-0.25, -0.2) is 0 Å². The monoisotopic (exact) mass is 251 g/mol. The molecule has 0 aliphatic heterocycles. The molecule has 2 N–H and O–H groups in total. The van der Waals surface area contributed by atoms with E-state index in [-0.39, 0.29) is 5.54 Å². The second kappa shape index (κ2) is 5.53. The second-order valence-corrected chi connectivity index (χ2v) is 7.73. The van der Waals surface area contributed by atoms with Crippen LogP contribution in [0.15, 0.2) is 0 Å². The molecule has 18 heavy (non-hydrogen) atoms. The van der Waals surface area contributed by atoms with Crippen molar-refractivity contribution in [3.63, 3.8) is 0 Å². The zero-order valence-corrected chi connectivity index (χ0v) is 12.8. The first-order valence-corrected chi connectivity index (χ1v) is 8.26. The summed E-state index contributed by atoms with van der Waals surface area (Å²) in [4.78, 5) is 0. The van der Waals surface area contributed by atoms with Crippen LogP contribution >= 0.6 is 0 Å². The average Bonchev–Trinajstić information content (AvgIpc) is 2.82. The lowest BCUT2D eigenvalue weighted by molar-refractivity contribution is 0.0368. The molecular weight excluding hydrogens is 218 g/mol.